The first kappa shape index (κ1) is 27.3. The number of aliphatic hydroxyl groups is 1. The summed E-state index contributed by atoms with van der Waals surface area (Å²) in [5.41, 5.74) is 4.46. The number of allylic oxidation sites excluding steroid dienone is 1. The SMILES string of the molecule is CCCCCOc1ccc(C2C(C(=O)C=Cc3ccccc3)=C(O)C(=O)N2c2nc3c(C)cc(C)cc3s2)cc1. The average molecular weight is 553 g/mol. The Kier molecular flexibility index (Phi) is 8.12. The predicted molar refractivity (Wildman–Crippen MR) is 161 cm³/mol. The Labute approximate surface area is 238 Å². The molecule has 2 heterocycles. The number of unbranched alkanes of at least 4 members (excludes halogenated alkanes) is 2. The van der Waals surface area contributed by atoms with E-state index in [4.69, 9.17) is 9.72 Å². The summed E-state index contributed by atoms with van der Waals surface area (Å²) in [4.78, 5) is 33.3. The molecule has 0 saturated carbocycles. The summed E-state index contributed by atoms with van der Waals surface area (Å²) in [5.74, 6) is -0.920. The fourth-order valence-electron chi connectivity index (χ4n) is 4.95. The third-order valence-corrected chi connectivity index (χ3v) is 7.94. The van der Waals surface area contributed by atoms with Gasteiger partial charge in [-0.05, 0) is 66.8 Å². The number of nitrogens with zero attached hydrogens (tertiary/aromatic N) is 2. The van der Waals surface area contributed by atoms with Gasteiger partial charge in [-0.25, -0.2) is 4.98 Å². The number of ketones is 1. The fraction of sp³-hybridized carbons (Fsp3) is 0.242. The number of ether oxygens (including phenoxy) is 1. The van der Waals surface area contributed by atoms with Crippen molar-refractivity contribution in [2.75, 3.05) is 11.5 Å². The largest absolute Gasteiger partial charge is 0.503 e. The molecule has 4 aromatic rings. The Hall–Kier alpha value is -4.23. The van der Waals surface area contributed by atoms with Crippen molar-refractivity contribution in [3.05, 3.63) is 106 Å². The van der Waals surface area contributed by atoms with Crippen LogP contribution in [0, 0.1) is 13.8 Å². The number of anilines is 1. The summed E-state index contributed by atoms with van der Waals surface area (Å²) in [6, 6.07) is 20.0. The van der Waals surface area contributed by atoms with Crippen molar-refractivity contribution in [1.82, 2.24) is 4.98 Å². The molecule has 7 heteroatoms. The molecule has 6 nitrogen and oxygen atoms in total. The van der Waals surface area contributed by atoms with Crippen LogP contribution in [0.4, 0.5) is 5.13 Å². The van der Waals surface area contributed by atoms with Crippen LogP contribution in [0.1, 0.15) is 54.5 Å². The van der Waals surface area contributed by atoms with Gasteiger partial charge in [0.1, 0.15) is 5.75 Å². The second-order valence-corrected chi connectivity index (χ2v) is 11.0. The number of aryl methyl sites for hydroxylation is 2. The number of aliphatic hydroxyl groups excluding tert-OH is 1. The molecule has 40 heavy (non-hydrogen) atoms. The van der Waals surface area contributed by atoms with Crippen molar-refractivity contribution >= 4 is 44.5 Å². The van der Waals surface area contributed by atoms with Gasteiger partial charge in [-0.1, -0.05) is 85.7 Å². The van der Waals surface area contributed by atoms with E-state index in [1.807, 2.05) is 80.6 Å². The van der Waals surface area contributed by atoms with E-state index >= 15 is 0 Å². The van der Waals surface area contributed by atoms with Crippen LogP contribution >= 0.6 is 11.3 Å². The van der Waals surface area contributed by atoms with Gasteiger partial charge in [-0.3, -0.25) is 14.5 Å². The molecule has 0 aliphatic carbocycles. The summed E-state index contributed by atoms with van der Waals surface area (Å²) >= 11 is 1.37. The molecule has 0 saturated heterocycles. The van der Waals surface area contributed by atoms with E-state index in [-0.39, 0.29) is 5.57 Å². The first-order chi connectivity index (χ1) is 19.4. The molecule has 1 atom stereocenters. The lowest BCUT2D eigenvalue weighted by molar-refractivity contribution is -0.117. The maximum Gasteiger partial charge on any atom is 0.296 e. The standard InChI is InChI=1S/C33H32N2O4S/c1-4-5-9-18-39-25-15-13-24(14-16-25)30-28(26(36)17-12-23-10-7-6-8-11-23)31(37)32(38)35(30)33-34-29-22(3)19-21(2)20-27(29)40-33/h6-8,10-17,19-20,30,37H,4-5,9,18H2,1-3H3. The van der Waals surface area contributed by atoms with E-state index in [9.17, 15) is 14.7 Å². The van der Waals surface area contributed by atoms with Crippen molar-refractivity contribution in [3.8, 4) is 5.75 Å². The first-order valence-electron chi connectivity index (χ1n) is 13.5. The lowest BCUT2D eigenvalue weighted by atomic mass is 9.95. The van der Waals surface area contributed by atoms with E-state index in [0.717, 1.165) is 46.2 Å². The van der Waals surface area contributed by atoms with Gasteiger partial charge in [0.2, 0.25) is 0 Å². The van der Waals surface area contributed by atoms with Crippen LogP contribution in [0.2, 0.25) is 0 Å². The van der Waals surface area contributed by atoms with E-state index < -0.39 is 23.5 Å². The Balaban J connectivity index is 1.54. The van der Waals surface area contributed by atoms with Gasteiger partial charge in [-0.2, -0.15) is 0 Å². The number of fused-ring (bicyclic) bond motifs is 1. The van der Waals surface area contributed by atoms with Crippen LogP contribution in [-0.4, -0.2) is 28.4 Å². The maximum absolute atomic E-state index is 13.6. The molecule has 0 spiro atoms. The molecule has 1 unspecified atom stereocenters. The van der Waals surface area contributed by atoms with E-state index in [0.29, 0.717) is 23.1 Å². The van der Waals surface area contributed by atoms with E-state index in [1.165, 1.54) is 22.3 Å². The number of hydrogen-bond acceptors (Lipinski definition) is 6. The second-order valence-electron chi connectivity index (χ2n) is 10.00. The van der Waals surface area contributed by atoms with Crippen LogP contribution in [0.3, 0.4) is 0 Å². The van der Waals surface area contributed by atoms with E-state index in [1.54, 1.807) is 6.08 Å². The summed E-state index contributed by atoms with van der Waals surface area (Å²) in [6.07, 6.45) is 6.28. The van der Waals surface area contributed by atoms with Gasteiger partial charge in [0.05, 0.1) is 28.4 Å². The van der Waals surface area contributed by atoms with Crippen LogP contribution in [-0.2, 0) is 9.59 Å². The number of hydrogen-bond donors (Lipinski definition) is 1. The van der Waals surface area contributed by atoms with Crippen LogP contribution < -0.4 is 9.64 Å². The molecule has 0 radical (unpaired) electrons. The lowest BCUT2D eigenvalue weighted by Crippen LogP contribution is -2.30. The Morgan fingerprint density at radius 3 is 2.55 bits per heavy atom. The second kappa shape index (κ2) is 11.9. The topological polar surface area (TPSA) is 79.7 Å². The average Bonchev–Trinajstić information content (AvgIpc) is 3.49. The lowest BCUT2D eigenvalue weighted by Gasteiger charge is -2.24. The zero-order valence-electron chi connectivity index (χ0n) is 22.9. The zero-order valence-corrected chi connectivity index (χ0v) is 23.7. The highest BCUT2D eigenvalue weighted by Gasteiger charge is 2.45. The Morgan fingerprint density at radius 2 is 1.82 bits per heavy atom. The summed E-state index contributed by atoms with van der Waals surface area (Å²) in [5, 5.41) is 11.5. The van der Waals surface area contributed by atoms with Crippen molar-refractivity contribution in [2.45, 2.75) is 46.1 Å². The number of carbonyl (C=O) groups is 2. The number of thiazole rings is 1. The molecule has 0 fully saturated rings. The maximum atomic E-state index is 13.6. The van der Waals surface area contributed by atoms with Gasteiger partial charge in [-0.15, -0.1) is 0 Å². The van der Waals surface area contributed by atoms with Gasteiger partial charge in [0.25, 0.3) is 5.91 Å². The molecule has 204 valence electrons. The van der Waals surface area contributed by atoms with Gasteiger partial charge < -0.3 is 9.84 Å². The zero-order chi connectivity index (χ0) is 28.2. The summed E-state index contributed by atoms with van der Waals surface area (Å²) < 4.78 is 6.82. The minimum absolute atomic E-state index is 0.0287. The smallest absolute Gasteiger partial charge is 0.296 e. The van der Waals surface area contributed by atoms with Crippen LogP contribution in [0.15, 0.2) is 84.1 Å². The number of rotatable bonds is 10. The first-order valence-corrected chi connectivity index (χ1v) is 14.3. The van der Waals surface area contributed by atoms with Gasteiger partial charge in [0, 0.05) is 0 Å². The Bertz CT molecular complexity index is 1600. The highest BCUT2D eigenvalue weighted by atomic mass is 32.1. The molecule has 1 N–H and O–H groups in total. The number of carbonyl (C=O) groups excluding carboxylic acids is 2. The van der Waals surface area contributed by atoms with Crippen LogP contribution in [0.25, 0.3) is 16.3 Å². The van der Waals surface area contributed by atoms with E-state index in [2.05, 4.69) is 6.92 Å². The molecular weight excluding hydrogens is 520 g/mol. The molecule has 1 amide bonds. The van der Waals surface area contributed by atoms with Crippen LogP contribution in [0.5, 0.6) is 5.75 Å². The molecule has 1 aliphatic rings. The molecule has 0 bridgehead atoms. The van der Waals surface area contributed by atoms with Crippen molar-refractivity contribution in [3.63, 3.8) is 0 Å². The highest BCUT2D eigenvalue weighted by molar-refractivity contribution is 7.22. The van der Waals surface area contributed by atoms with Gasteiger partial charge >= 0.3 is 0 Å². The minimum Gasteiger partial charge on any atom is -0.503 e. The third kappa shape index (κ3) is 5.56. The molecular formula is C33H32N2O4S. The Morgan fingerprint density at radius 1 is 1.07 bits per heavy atom. The molecule has 3 aromatic carbocycles. The number of amides is 1. The highest BCUT2D eigenvalue weighted by Crippen LogP contribution is 2.44. The van der Waals surface area contributed by atoms with Crippen molar-refractivity contribution < 1.29 is 19.4 Å². The quantitative estimate of drug-likeness (QED) is 0.161. The van der Waals surface area contributed by atoms with Crippen molar-refractivity contribution in [2.24, 2.45) is 0 Å². The summed E-state index contributed by atoms with van der Waals surface area (Å²) in [6.45, 7) is 6.78. The number of aromatic nitrogens is 1. The van der Waals surface area contributed by atoms with Crippen molar-refractivity contribution in [1.29, 1.82) is 0 Å². The predicted octanol–water partition coefficient (Wildman–Crippen LogP) is 7.66. The summed E-state index contributed by atoms with van der Waals surface area (Å²) in [7, 11) is 0. The monoisotopic (exact) mass is 552 g/mol. The fourth-order valence-corrected chi connectivity index (χ4v) is 6.11. The number of benzene rings is 3. The molecule has 1 aliphatic heterocycles. The normalized spacial score (nSPS) is 15.5. The van der Waals surface area contributed by atoms with Gasteiger partial charge in [0.15, 0.2) is 16.7 Å². The molecule has 1 aromatic heterocycles. The molecule has 5 rings (SSSR count). The third-order valence-electron chi connectivity index (χ3n) is 6.94. The minimum atomic E-state index is -0.837.